The first-order valence-electron chi connectivity index (χ1n) is 2.82. The van der Waals surface area contributed by atoms with Gasteiger partial charge in [0.05, 0.1) is 0 Å². The minimum absolute atomic E-state index is 0.00519. The number of benzene rings is 1. The number of halogens is 2. The summed E-state index contributed by atoms with van der Waals surface area (Å²) in [5, 5.41) is 0.00519. The Hall–Kier alpha value is -0.490. The first-order chi connectivity index (χ1) is 4.61. The molecular weight excluding hydrogens is 153 g/mol. The second-order valence-corrected chi connectivity index (χ2v) is 2.72. The summed E-state index contributed by atoms with van der Waals surface area (Å²) in [6, 6.07) is 2.59. The van der Waals surface area contributed by atoms with Gasteiger partial charge in [-0.25, -0.2) is 8.78 Å². The van der Waals surface area contributed by atoms with Gasteiger partial charge in [0, 0.05) is 5.30 Å². The van der Waals surface area contributed by atoms with Gasteiger partial charge in [-0.2, -0.15) is 0 Å². The second-order valence-electron chi connectivity index (χ2n) is 2.14. The topological polar surface area (TPSA) is 0 Å². The molecule has 1 rings (SSSR count). The summed E-state index contributed by atoms with van der Waals surface area (Å²) in [5.41, 5.74) is 0.598. The first-order valence-corrected chi connectivity index (χ1v) is 3.40. The van der Waals surface area contributed by atoms with E-state index in [1.807, 2.05) is 9.24 Å². The van der Waals surface area contributed by atoms with Crippen LogP contribution in [0.2, 0.25) is 0 Å². The molecule has 0 heterocycles. The Labute approximate surface area is 60.5 Å². The van der Waals surface area contributed by atoms with E-state index in [0.717, 1.165) is 0 Å². The van der Waals surface area contributed by atoms with Crippen molar-refractivity contribution in [3.05, 3.63) is 29.3 Å². The van der Waals surface area contributed by atoms with Crippen molar-refractivity contribution in [2.75, 3.05) is 0 Å². The fourth-order valence-electron chi connectivity index (χ4n) is 0.711. The smallest absolute Gasteiger partial charge is 0.133 e. The normalized spacial score (nSPS) is 10.0. The molecule has 0 spiro atoms. The van der Waals surface area contributed by atoms with Crippen molar-refractivity contribution in [2.45, 2.75) is 6.92 Å². The number of hydrogen-bond acceptors (Lipinski definition) is 0. The van der Waals surface area contributed by atoms with Crippen molar-refractivity contribution >= 4 is 14.5 Å². The third-order valence-corrected chi connectivity index (χ3v) is 1.77. The van der Waals surface area contributed by atoms with Crippen molar-refractivity contribution in [1.29, 1.82) is 0 Å². The maximum atomic E-state index is 12.6. The summed E-state index contributed by atoms with van der Waals surface area (Å²) >= 11 is 0. The van der Waals surface area contributed by atoms with Gasteiger partial charge in [-0.05, 0) is 24.6 Å². The molecular formula is C7H7F2P. The van der Waals surface area contributed by atoms with E-state index in [1.54, 1.807) is 6.92 Å². The van der Waals surface area contributed by atoms with Crippen LogP contribution < -0.4 is 5.30 Å². The van der Waals surface area contributed by atoms with Gasteiger partial charge in [0.1, 0.15) is 11.6 Å². The van der Waals surface area contributed by atoms with E-state index in [9.17, 15) is 8.78 Å². The molecule has 10 heavy (non-hydrogen) atoms. The molecule has 0 aliphatic heterocycles. The molecule has 0 radical (unpaired) electrons. The molecule has 0 aliphatic rings. The first kappa shape index (κ1) is 7.62. The van der Waals surface area contributed by atoms with Gasteiger partial charge in [0.25, 0.3) is 0 Å². The third kappa shape index (κ3) is 1.32. The Balaban J connectivity index is 3.31. The fraction of sp³-hybridized carbons (Fsp3) is 0.143. The molecule has 1 atom stereocenters. The highest BCUT2D eigenvalue weighted by atomic mass is 31.0. The minimum atomic E-state index is -0.512. The monoisotopic (exact) mass is 160 g/mol. The number of aryl methyl sites for hydroxylation is 1. The van der Waals surface area contributed by atoms with E-state index < -0.39 is 11.6 Å². The highest BCUT2D eigenvalue weighted by molar-refractivity contribution is 7.27. The van der Waals surface area contributed by atoms with E-state index in [-0.39, 0.29) is 5.30 Å². The van der Waals surface area contributed by atoms with Crippen LogP contribution >= 0.6 is 9.24 Å². The summed E-state index contributed by atoms with van der Waals surface area (Å²) in [4.78, 5) is 0. The maximum absolute atomic E-state index is 12.6. The molecule has 0 N–H and O–H groups in total. The van der Waals surface area contributed by atoms with E-state index in [1.165, 1.54) is 12.1 Å². The maximum Gasteiger partial charge on any atom is 0.133 e. The third-order valence-electron chi connectivity index (χ3n) is 1.22. The van der Waals surface area contributed by atoms with Crippen molar-refractivity contribution in [3.63, 3.8) is 0 Å². The summed E-state index contributed by atoms with van der Waals surface area (Å²) in [7, 11) is 2.02. The van der Waals surface area contributed by atoms with Gasteiger partial charge in [-0.3, -0.25) is 0 Å². The van der Waals surface area contributed by atoms with E-state index in [4.69, 9.17) is 0 Å². The zero-order chi connectivity index (χ0) is 7.72. The summed E-state index contributed by atoms with van der Waals surface area (Å²) < 4.78 is 25.2. The summed E-state index contributed by atoms with van der Waals surface area (Å²) in [5.74, 6) is -1.02. The SMILES string of the molecule is Cc1cc(F)c(P)c(F)c1. The Kier molecular flexibility index (Phi) is 2.00. The summed E-state index contributed by atoms with van der Waals surface area (Å²) in [6.45, 7) is 1.65. The number of hydrogen-bond donors (Lipinski definition) is 0. The van der Waals surface area contributed by atoms with Crippen LogP contribution in [0.5, 0.6) is 0 Å². The Bertz CT molecular complexity index is 235. The Morgan fingerprint density at radius 1 is 1.20 bits per heavy atom. The van der Waals surface area contributed by atoms with Gasteiger partial charge < -0.3 is 0 Å². The predicted molar refractivity (Wildman–Crippen MR) is 40.4 cm³/mol. The largest absolute Gasteiger partial charge is 0.206 e. The van der Waals surface area contributed by atoms with Crippen molar-refractivity contribution in [3.8, 4) is 0 Å². The van der Waals surface area contributed by atoms with E-state index in [0.29, 0.717) is 5.56 Å². The molecule has 1 aromatic carbocycles. The van der Waals surface area contributed by atoms with Crippen LogP contribution in [0, 0.1) is 18.6 Å². The Morgan fingerprint density at radius 2 is 1.60 bits per heavy atom. The van der Waals surface area contributed by atoms with Crippen LogP contribution in [0.4, 0.5) is 8.78 Å². The van der Waals surface area contributed by atoms with Gasteiger partial charge in [0.15, 0.2) is 0 Å². The zero-order valence-electron chi connectivity index (χ0n) is 5.49. The molecule has 0 aliphatic carbocycles. The average molecular weight is 160 g/mol. The van der Waals surface area contributed by atoms with Crippen molar-refractivity contribution in [1.82, 2.24) is 0 Å². The molecule has 0 nitrogen and oxygen atoms in total. The van der Waals surface area contributed by atoms with Crippen LogP contribution in [0.15, 0.2) is 12.1 Å². The lowest BCUT2D eigenvalue weighted by Crippen LogP contribution is -2.04. The molecule has 0 fully saturated rings. The van der Waals surface area contributed by atoms with E-state index >= 15 is 0 Å². The average Bonchev–Trinajstić information content (AvgIpc) is 1.82. The van der Waals surface area contributed by atoms with Gasteiger partial charge in [-0.15, -0.1) is 0 Å². The zero-order valence-corrected chi connectivity index (χ0v) is 6.64. The van der Waals surface area contributed by atoms with Gasteiger partial charge in [0.2, 0.25) is 0 Å². The Morgan fingerprint density at radius 3 is 2.00 bits per heavy atom. The molecule has 0 saturated heterocycles. The molecule has 0 amide bonds. The quantitative estimate of drug-likeness (QED) is 0.507. The van der Waals surface area contributed by atoms with Crippen LogP contribution in [-0.4, -0.2) is 0 Å². The lowest BCUT2D eigenvalue weighted by atomic mass is 10.2. The highest BCUT2D eigenvalue weighted by Crippen LogP contribution is 2.07. The molecule has 1 unspecified atom stereocenters. The molecule has 3 heteroatoms. The van der Waals surface area contributed by atoms with Crippen LogP contribution in [0.1, 0.15) is 5.56 Å². The molecule has 1 aromatic rings. The summed E-state index contributed by atoms with van der Waals surface area (Å²) in [6.07, 6.45) is 0. The molecule has 0 saturated carbocycles. The van der Waals surface area contributed by atoms with Gasteiger partial charge in [-0.1, -0.05) is 9.24 Å². The molecule has 54 valence electrons. The lowest BCUT2D eigenvalue weighted by molar-refractivity contribution is 0.597. The fourth-order valence-corrected chi connectivity index (χ4v) is 0.878. The van der Waals surface area contributed by atoms with Crippen LogP contribution in [0.3, 0.4) is 0 Å². The molecule has 0 bridgehead atoms. The van der Waals surface area contributed by atoms with Crippen LogP contribution in [0.25, 0.3) is 0 Å². The second kappa shape index (κ2) is 2.63. The standard InChI is InChI=1S/C7H7F2P/c1-4-2-5(8)7(10)6(9)3-4/h2-3H,10H2,1H3. The van der Waals surface area contributed by atoms with Crippen LogP contribution in [-0.2, 0) is 0 Å². The van der Waals surface area contributed by atoms with Crippen molar-refractivity contribution in [2.24, 2.45) is 0 Å². The highest BCUT2D eigenvalue weighted by Gasteiger charge is 2.03. The number of rotatable bonds is 0. The van der Waals surface area contributed by atoms with E-state index in [2.05, 4.69) is 0 Å². The van der Waals surface area contributed by atoms with Crippen molar-refractivity contribution < 1.29 is 8.78 Å². The molecule has 0 aromatic heterocycles. The van der Waals surface area contributed by atoms with Gasteiger partial charge >= 0.3 is 0 Å². The predicted octanol–water partition coefficient (Wildman–Crippen LogP) is 1.77. The lowest BCUT2D eigenvalue weighted by Gasteiger charge is -1.98. The minimum Gasteiger partial charge on any atom is -0.206 e.